The highest BCUT2D eigenvalue weighted by Gasteiger charge is 2.32. The topological polar surface area (TPSA) is 78.9 Å². The Morgan fingerprint density at radius 2 is 2.35 bits per heavy atom. The van der Waals surface area contributed by atoms with Crippen LogP contribution in [0.1, 0.15) is 18.4 Å². The van der Waals surface area contributed by atoms with Crippen LogP contribution in [-0.2, 0) is 11.2 Å². The van der Waals surface area contributed by atoms with Crippen molar-refractivity contribution in [3.05, 3.63) is 34.6 Å². The predicted octanol–water partition coefficient (Wildman–Crippen LogP) is 1.76. The molecule has 1 amide bonds. The zero-order chi connectivity index (χ0) is 14.7. The molecule has 0 spiro atoms. The van der Waals surface area contributed by atoms with Crippen LogP contribution in [0.4, 0.5) is 4.39 Å². The zero-order valence-corrected chi connectivity index (χ0v) is 11.5. The molecule has 5 nitrogen and oxygen atoms in total. The summed E-state index contributed by atoms with van der Waals surface area (Å²) in [5.74, 6) is -0.799. The minimum absolute atomic E-state index is 0.00418. The fourth-order valence-corrected chi connectivity index (χ4v) is 2.62. The van der Waals surface area contributed by atoms with Crippen LogP contribution < -0.4 is 5.73 Å². The van der Waals surface area contributed by atoms with Gasteiger partial charge in [-0.3, -0.25) is 4.79 Å². The number of carbonyl (C=O) groups excluding carboxylic acids is 1. The molecule has 3 N–H and O–H groups in total. The minimum atomic E-state index is -0.509. The fourth-order valence-electron chi connectivity index (χ4n) is 2.39. The molecule has 1 fully saturated rings. The van der Waals surface area contributed by atoms with Gasteiger partial charge in [0.2, 0.25) is 5.91 Å². The van der Waals surface area contributed by atoms with Crippen molar-refractivity contribution in [3.63, 3.8) is 0 Å². The monoisotopic (exact) mass is 299 g/mol. The molecular formula is C13H15ClFN3O2. The van der Waals surface area contributed by atoms with Crippen molar-refractivity contribution in [3.8, 4) is 0 Å². The van der Waals surface area contributed by atoms with Crippen molar-refractivity contribution in [2.45, 2.75) is 25.3 Å². The van der Waals surface area contributed by atoms with Crippen LogP contribution in [0.2, 0.25) is 5.02 Å². The van der Waals surface area contributed by atoms with Crippen LogP contribution in [0.25, 0.3) is 0 Å². The molecule has 1 aliphatic rings. The smallest absolute Gasteiger partial charge is 0.227 e. The van der Waals surface area contributed by atoms with Gasteiger partial charge in [0.1, 0.15) is 5.82 Å². The fraction of sp³-hybridized carbons (Fsp3) is 0.385. The summed E-state index contributed by atoms with van der Waals surface area (Å²) < 4.78 is 13.7. The summed E-state index contributed by atoms with van der Waals surface area (Å²) >= 11 is 5.91. The van der Waals surface area contributed by atoms with Crippen LogP contribution in [0, 0.1) is 5.82 Å². The van der Waals surface area contributed by atoms with Crippen molar-refractivity contribution in [2.24, 2.45) is 10.9 Å². The first-order valence-corrected chi connectivity index (χ1v) is 6.62. The summed E-state index contributed by atoms with van der Waals surface area (Å²) in [4.78, 5) is 13.8. The molecule has 20 heavy (non-hydrogen) atoms. The number of hydrogen-bond acceptors (Lipinski definition) is 3. The van der Waals surface area contributed by atoms with Crippen LogP contribution >= 0.6 is 11.6 Å². The van der Waals surface area contributed by atoms with Gasteiger partial charge in [0, 0.05) is 17.1 Å². The first-order valence-electron chi connectivity index (χ1n) is 6.24. The SMILES string of the molecule is NC(=NO)C1CCCN1C(=O)Cc1c(F)cccc1Cl. The third-order valence-electron chi connectivity index (χ3n) is 3.42. The maximum absolute atomic E-state index is 13.7. The van der Waals surface area contributed by atoms with E-state index in [-0.39, 0.29) is 28.7 Å². The lowest BCUT2D eigenvalue weighted by molar-refractivity contribution is -0.130. The molecule has 1 saturated heterocycles. The van der Waals surface area contributed by atoms with E-state index in [9.17, 15) is 9.18 Å². The van der Waals surface area contributed by atoms with E-state index < -0.39 is 11.9 Å². The number of rotatable bonds is 3. The van der Waals surface area contributed by atoms with Gasteiger partial charge in [-0.05, 0) is 25.0 Å². The van der Waals surface area contributed by atoms with Gasteiger partial charge in [-0.15, -0.1) is 0 Å². The number of amidine groups is 1. The zero-order valence-electron chi connectivity index (χ0n) is 10.7. The van der Waals surface area contributed by atoms with Crippen LogP contribution in [0.5, 0.6) is 0 Å². The Labute approximate surface area is 120 Å². The molecule has 0 saturated carbocycles. The maximum Gasteiger partial charge on any atom is 0.227 e. The normalized spacial score (nSPS) is 19.4. The van der Waals surface area contributed by atoms with Gasteiger partial charge in [0.05, 0.1) is 12.5 Å². The van der Waals surface area contributed by atoms with Gasteiger partial charge in [0.25, 0.3) is 0 Å². The number of likely N-dealkylation sites (tertiary alicyclic amines) is 1. The highest BCUT2D eigenvalue weighted by atomic mass is 35.5. The second-order valence-corrected chi connectivity index (χ2v) is 5.05. The van der Waals surface area contributed by atoms with E-state index in [0.717, 1.165) is 6.42 Å². The molecule has 108 valence electrons. The Kier molecular flexibility index (Phi) is 4.44. The van der Waals surface area contributed by atoms with Gasteiger partial charge in [-0.1, -0.05) is 22.8 Å². The van der Waals surface area contributed by atoms with Gasteiger partial charge in [-0.2, -0.15) is 0 Å². The molecule has 1 aromatic rings. The summed E-state index contributed by atoms with van der Waals surface area (Å²) in [6, 6.07) is 3.86. The highest BCUT2D eigenvalue weighted by Crippen LogP contribution is 2.23. The molecular weight excluding hydrogens is 285 g/mol. The van der Waals surface area contributed by atoms with E-state index in [4.69, 9.17) is 22.5 Å². The summed E-state index contributed by atoms with van der Waals surface area (Å²) in [7, 11) is 0. The summed E-state index contributed by atoms with van der Waals surface area (Å²) in [5, 5.41) is 11.9. The first-order chi connectivity index (χ1) is 9.54. The van der Waals surface area contributed by atoms with E-state index in [1.807, 2.05) is 0 Å². The molecule has 1 aliphatic heterocycles. The average molecular weight is 300 g/mol. The lowest BCUT2D eigenvalue weighted by Gasteiger charge is -2.23. The van der Waals surface area contributed by atoms with Crippen molar-refractivity contribution in [1.29, 1.82) is 0 Å². The predicted molar refractivity (Wildman–Crippen MR) is 73.3 cm³/mol. The van der Waals surface area contributed by atoms with Crippen molar-refractivity contribution < 1.29 is 14.4 Å². The van der Waals surface area contributed by atoms with Gasteiger partial charge in [0.15, 0.2) is 5.84 Å². The Balaban J connectivity index is 2.16. The number of amides is 1. The Morgan fingerprint density at radius 1 is 1.60 bits per heavy atom. The van der Waals surface area contributed by atoms with Crippen molar-refractivity contribution >= 4 is 23.3 Å². The number of benzene rings is 1. The van der Waals surface area contributed by atoms with Crippen molar-refractivity contribution in [1.82, 2.24) is 4.90 Å². The van der Waals surface area contributed by atoms with E-state index in [0.29, 0.717) is 13.0 Å². The second-order valence-electron chi connectivity index (χ2n) is 4.65. The van der Waals surface area contributed by atoms with E-state index in [1.54, 1.807) is 0 Å². The Hall–Kier alpha value is -1.82. The molecule has 2 rings (SSSR count). The third kappa shape index (κ3) is 2.85. The third-order valence-corrected chi connectivity index (χ3v) is 3.77. The number of halogens is 2. The van der Waals surface area contributed by atoms with Gasteiger partial charge >= 0.3 is 0 Å². The molecule has 0 bridgehead atoms. The maximum atomic E-state index is 13.7. The van der Waals surface area contributed by atoms with Crippen LogP contribution in [0.3, 0.4) is 0 Å². The largest absolute Gasteiger partial charge is 0.409 e. The van der Waals surface area contributed by atoms with Crippen LogP contribution in [-0.4, -0.2) is 34.4 Å². The quantitative estimate of drug-likeness (QED) is 0.386. The van der Waals surface area contributed by atoms with E-state index in [2.05, 4.69) is 5.16 Å². The molecule has 0 aromatic heterocycles. The Bertz CT molecular complexity index is 530. The number of hydrogen-bond donors (Lipinski definition) is 2. The van der Waals surface area contributed by atoms with E-state index >= 15 is 0 Å². The molecule has 0 aliphatic carbocycles. The lowest BCUT2D eigenvalue weighted by atomic mass is 10.1. The van der Waals surface area contributed by atoms with E-state index in [1.165, 1.54) is 23.1 Å². The number of oxime groups is 1. The summed E-state index contributed by atoms with van der Waals surface area (Å²) in [6.45, 7) is 0.506. The lowest BCUT2D eigenvalue weighted by Crippen LogP contribution is -2.44. The summed E-state index contributed by atoms with van der Waals surface area (Å²) in [6.07, 6.45) is 1.25. The number of carbonyl (C=O) groups is 1. The molecule has 0 radical (unpaired) electrons. The number of nitrogens with two attached hydrogens (primary N) is 1. The Morgan fingerprint density at radius 3 is 3.00 bits per heavy atom. The standard InChI is InChI=1S/C13H15ClFN3O2/c14-9-3-1-4-10(15)8(9)7-12(19)18-6-2-5-11(18)13(16)17-20/h1,3-4,11,20H,2,5-7H2,(H2,16,17). The minimum Gasteiger partial charge on any atom is -0.409 e. The first kappa shape index (κ1) is 14.6. The number of nitrogens with zero attached hydrogens (tertiary/aromatic N) is 2. The highest BCUT2D eigenvalue weighted by molar-refractivity contribution is 6.31. The van der Waals surface area contributed by atoms with Crippen molar-refractivity contribution in [2.75, 3.05) is 6.54 Å². The molecule has 7 heteroatoms. The molecule has 1 unspecified atom stereocenters. The molecule has 1 atom stereocenters. The molecule has 1 aromatic carbocycles. The average Bonchev–Trinajstić information content (AvgIpc) is 2.91. The molecule has 1 heterocycles. The second kappa shape index (κ2) is 6.09. The van der Waals surface area contributed by atoms with Gasteiger partial charge in [-0.25, -0.2) is 4.39 Å². The van der Waals surface area contributed by atoms with Crippen LogP contribution in [0.15, 0.2) is 23.4 Å². The summed E-state index contributed by atoms with van der Waals surface area (Å²) in [5.41, 5.74) is 5.74. The van der Waals surface area contributed by atoms with Gasteiger partial charge < -0.3 is 15.8 Å².